The van der Waals surface area contributed by atoms with E-state index in [9.17, 15) is 14.4 Å². The van der Waals surface area contributed by atoms with Gasteiger partial charge in [0.05, 0.1) is 6.04 Å². The highest BCUT2D eigenvalue weighted by Gasteiger charge is 2.28. The lowest BCUT2D eigenvalue weighted by atomic mass is 10.0. The number of piperazine rings is 1. The summed E-state index contributed by atoms with van der Waals surface area (Å²) in [5.41, 5.74) is 1.90. The van der Waals surface area contributed by atoms with Crippen LogP contribution in [0.15, 0.2) is 24.3 Å². The molecule has 0 bridgehead atoms. The van der Waals surface area contributed by atoms with Crippen molar-refractivity contribution >= 4 is 17.8 Å². The highest BCUT2D eigenvalue weighted by Crippen LogP contribution is 2.16. The molecule has 26 heavy (non-hydrogen) atoms. The van der Waals surface area contributed by atoms with Gasteiger partial charge in [-0.3, -0.25) is 19.8 Å². The predicted octanol–water partition coefficient (Wildman–Crippen LogP) is 1.41. The van der Waals surface area contributed by atoms with E-state index in [1.54, 1.807) is 6.92 Å². The molecule has 1 aromatic rings. The second-order valence-electron chi connectivity index (χ2n) is 6.85. The van der Waals surface area contributed by atoms with Crippen molar-refractivity contribution < 1.29 is 14.4 Å². The minimum absolute atomic E-state index is 0.0161. The standard InChI is InChI=1S/C19H28N4O3/c1-13(2)15-5-7-16(8-6-15)18(25)23-11-9-22(10-12-23)14(3)17(24)21-19(26)20-4/h5-8,13-14H,9-12H2,1-4H3,(H2,20,21,24,26). The van der Waals surface area contributed by atoms with Crippen molar-refractivity contribution in [3.8, 4) is 0 Å². The second kappa shape index (κ2) is 8.80. The maximum atomic E-state index is 12.7. The van der Waals surface area contributed by atoms with Crippen molar-refractivity contribution in [2.75, 3.05) is 33.2 Å². The van der Waals surface area contributed by atoms with Crippen LogP contribution in [0.4, 0.5) is 4.79 Å². The fourth-order valence-corrected chi connectivity index (χ4v) is 2.95. The first-order valence-corrected chi connectivity index (χ1v) is 8.99. The van der Waals surface area contributed by atoms with Gasteiger partial charge in [-0.15, -0.1) is 0 Å². The molecule has 1 aromatic carbocycles. The minimum atomic E-state index is -0.513. The van der Waals surface area contributed by atoms with E-state index in [0.29, 0.717) is 37.7 Å². The highest BCUT2D eigenvalue weighted by atomic mass is 16.2. The van der Waals surface area contributed by atoms with E-state index in [1.807, 2.05) is 34.1 Å². The molecule has 1 saturated heterocycles. The number of nitrogens with one attached hydrogen (secondary N) is 2. The summed E-state index contributed by atoms with van der Waals surface area (Å²) in [4.78, 5) is 39.7. The molecule has 0 aliphatic carbocycles. The maximum Gasteiger partial charge on any atom is 0.321 e. The van der Waals surface area contributed by atoms with E-state index in [4.69, 9.17) is 0 Å². The SMILES string of the molecule is CNC(=O)NC(=O)C(C)N1CCN(C(=O)c2ccc(C(C)C)cc2)CC1. The Labute approximate surface area is 154 Å². The predicted molar refractivity (Wildman–Crippen MR) is 100 cm³/mol. The summed E-state index contributed by atoms with van der Waals surface area (Å²) in [5.74, 6) is 0.112. The van der Waals surface area contributed by atoms with Crippen molar-refractivity contribution in [2.24, 2.45) is 0 Å². The van der Waals surface area contributed by atoms with Crippen LogP contribution in [0.3, 0.4) is 0 Å². The first kappa shape index (κ1) is 19.9. The van der Waals surface area contributed by atoms with Gasteiger partial charge < -0.3 is 10.2 Å². The quantitative estimate of drug-likeness (QED) is 0.851. The summed E-state index contributed by atoms with van der Waals surface area (Å²) in [6, 6.07) is 6.82. The van der Waals surface area contributed by atoms with Gasteiger partial charge in [-0.25, -0.2) is 4.79 Å². The minimum Gasteiger partial charge on any atom is -0.341 e. The Kier molecular flexibility index (Phi) is 6.74. The van der Waals surface area contributed by atoms with Gasteiger partial charge in [0.25, 0.3) is 5.91 Å². The molecule has 1 heterocycles. The van der Waals surface area contributed by atoms with Gasteiger partial charge >= 0.3 is 6.03 Å². The number of benzene rings is 1. The first-order chi connectivity index (χ1) is 12.3. The molecule has 0 saturated carbocycles. The molecule has 1 atom stereocenters. The Morgan fingerprint density at radius 2 is 1.54 bits per heavy atom. The van der Waals surface area contributed by atoms with Crippen LogP contribution in [0.25, 0.3) is 0 Å². The van der Waals surface area contributed by atoms with Gasteiger partial charge in [0.1, 0.15) is 0 Å². The molecule has 2 rings (SSSR count). The molecule has 0 aromatic heterocycles. The van der Waals surface area contributed by atoms with Crippen LogP contribution in [0.2, 0.25) is 0 Å². The van der Waals surface area contributed by atoms with Crippen LogP contribution in [0.1, 0.15) is 42.6 Å². The molecule has 1 unspecified atom stereocenters. The van der Waals surface area contributed by atoms with Gasteiger partial charge in [-0.05, 0) is 30.5 Å². The van der Waals surface area contributed by atoms with Gasteiger partial charge in [0, 0.05) is 38.8 Å². The van der Waals surface area contributed by atoms with Crippen LogP contribution in [-0.2, 0) is 4.79 Å². The van der Waals surface area contributed by atoms with Crippen LogP contribution in [0.5, 0.6) is 0 Å². The number of hydrogen-bond acceptors (Lipinski definition) is 4. The van der Waals surface area contributed by atoms with Gasteiger partial charge in [0.15, 0.2) is 0 Å². The number of amides is 4. The lowest BCUT2D eigenvalue weighted by Crippen LogP contribution is -2.56. The second-order valence-corrected chi connectivity index (χ2v) is 6.85. The molecule has 1 aliphatic rings. The summed E-state index contributed by atoms with van der Waals surface area (Å²) >= 11 is 0. The van der Waals surface area contributed by atoms with E-state index in [-0.39, 0.29) is 11.8 Å². The maximum absolute atomic E-state index is 12.7. The lowest BCUT2D eigenvalue weighted by Gasteiger charge is -2.37. The molecule has 2 N–H and O–H groups in total. The number of rotatable bonds is 4. The third-order valence-corrected chi connectivity index (χ3v) is 4.82. The number of carbonyl (C=O) groups is 3. The zero-order valence-corrected chi connectivity index (χ0v) is 15.9. The lowest BCUT2D eigenvalue weighted by molar-refractivity contribution is -0.125. The van der Waals surface area contributed by atoms with E-state index >= 15 is 0 Å². The molecule has 1 aliphatic heterocycles. The van der Waals surface area contributed by atoms with E-state index in [2.05, 4.69) is 24.5 Å². The number of nitrogens with zero attached hydrogens (tertiary/aromatic N) is 2. The molecule has 7 nitrogen and oxygen atoms in total. The molecule has 4 amide bonds. The van der Waals surface area contributed by atoms with Gasteiger partial charge in [0.2, 0.25) is 5.91 Å². The number of carbonyl (C=O) groups excluding carboxylic acids is 3. The zero-order chi connectivity index (χ0) is 19.3. The van der Waals surface area contributed by atoms with Crippen molar-refractivity contribution in [3.63, 3.8) is 0 Å². The number of urea groups is 1. The van der Waals surface area contributed by atoms with Crippen LogP contribution < -0.4 is 10.6 Å². The largest absolute Gasteiger partial charge is 0.341 e. The van der Waals surface area contributed by atoms with E-state index < -0.39 is 12.1 Å². The van der Waals surface area contributed by atoms with Crippen molar-refractivity contribution in [1.29, 1.82) is 0 Å². The molecule has 0 radical (unpaired) electrons. The molecule has 0 spiro atoms. The fourth-order valence-electron chi connectivity index (χ4n) is 2.95. The first-order valence-electron chi connectivity index (χ1n) is 8.99. The molecule has 142 valence electrons. The van der Waals surface area contributed by atoms with Crippen molar-refractivity contribution in [3.05, 3.63) is 35.4 Å². The van der Waals surface area contributed by atoms with E-state index in [0.717, 1.165) is 0 Å². The van der Waals surface area contributed by atoms with E-state index in [1.165, 1.54) is 12.6 Å². The summed E-state index contributed by atoms with van der Waals surface area (Å²) in [6.07, 6.45) is 0. The summed E-state index contributed by atoms with van der Waals surface area (Å²) in [5, 5.41) is 4.65. The average molecular weight is 360 g/mol. The molecule has 7 heteroatoms. The van der Waals surface area contributed by atoms with Crippen LogP contribution in [-0.4, -0.2) is 66.9 Å². The Hall–Kier alpha value is -2.41. The normalized spacial score (nSPS) is 16.3. The average Bonchev–Trinajstić information content (AvgIpc) is 2.66. The van der Waals surface area contributed by atoms with Crippen LogP contribution in [0, 0.1) is 0 Å². The number of imide groups is 1. The van der Waals surface area contributed by atoms with Crippen molar-refractivity contribution in [1.82, 2.24) is 20.4 Å². The monoisotopic (exact) mass is 360 g/mol. The van der Waals surface area contributed by atoms with Gasteiger partial charge in [-0.2, -0.15) is 0 Å². The topological polar surface area (TPSA) is 81.8 Å². The third kappa shape index (κ3) is 4.82. The Morgan fingerprint density at radius 1 is 0.962 bits per heavy atom. The summed E-state index contributed by atoms with van der Waals surface area (Å²) in [6.45, 7) is 8.32. The zero-order valence-electron chi connectivity index (χ0n) is 15.9. The Morgan fingerprint density at radius 3 is 2.04 bits per heavy atom. The fraction of sp³-hybridized carbons (Fsp3) is 0.526. The Balaban J connectivity index is 1.90. The molecular weight excluding hydrogens is 332 g/mol. The summed E-state index contributed by atoms with van der Waals surface area (Å²) < 4.78 is 0. The Bertz CT molecular complexity index is 649. The smallest absolute Gasteiger partial charge is 0.321 e. The summed E-state index contributed by atoms with van der Waals surface area (Å²) in [7, 11) is 1.46. The number of hydrogen-bond donors (Lipinski definition) is 2. The molecule has 1 fully saturated rings. The van der Waals surface area contributed by atoms with Crippen LogP contribution >= 0.6 is 0 Å². The van der Waals surface area contributed by atoms with Gasteiger partial charge in [-0.1, -0.05) is 26.0 Å². The third-order valence-electron chi connectivity index (χ3n) is 4.82. The highest BCUT2D eigenvalue weighted by molar-refractivity contribution is 5.97. The van der Waals surface area contributed by atoms with Crippen molar-refractivity contribution in [2.45, 2.75) is 32.7 Å². The molecular formula is C19H28N4O3.